The second kappa shape index (κ2) is 7.44. The smallest absolute Gasteiger partial charge is 0.371 e. The number of alkyl halides is 4. The van der Waals surface area contributed by atoms with Crippen molar-refractivity contribution in [2.45, 2.75) is 37.2 Å². The Morgan fingerprint density at radius 1 is 1.24 bits per heavy atom. The Bertz CT molecular complexity index is 213. The van der Waals surface area contributed by atoms with Gasteiger partial charge in [0.05, 0.1) is 6.61 Å². The third kappa shape index (κ3) is 7.11. The number of nitrogens with one attached hydrogen (secondary N) is 1. The first-order valence-electron chi connectivity index (χ1n) is 5.98. The largest absolute Gasteiger partial charge is 0.411 e. The summed E-state index contributed by atoms with van der Waals surface area (Å²) in [5, 5.41) is 3.30. The number of halogens is 4. The molecule has 1 rings (SSSR count). The van der Waals surface area contributed by atoms with E-state index in [9.17, 15) is 13.2 Å². The maximum atomic E-state index is 11.7. The molecule has 17 heavy (non-hydrogen) atoms. The molecule has 0 spiro atoms. The Morgan fingerprint density at radius 3 is 2.59 bits per heavy atom. The van der Waals surface area contributed by atoms with Crippen LogP contribution in [-0.2, 0) is 4.74 Å². The monoisotopic (exact) mass is 273 g/mol. The summed E-state index contributed by atoms with van der Waals surface area (Å²) in [6, 6.07) is 0. The number of rotatable bonds is 6. The lowest BCUT2D eigenvalue weighted by atomic mass is 9.89. The molecule has 102 valence electrons. The van der Waals surface area contributed by atoms with E-state index in [0.717, 1.165) is 19.4 Å². The van der Waals surface area contributed by atoms with Crippen LogP contribution in [0.15, 0.2) is 0 Å². The van der Waals surface area contributed by atoms with Gasteiger partial charge in [-0.3, -0.25) is 0 Å². The minimum Gasteiger partial charge on any atom is -0.371 e. The van der Waals surface area contributed by atoms with Gasteiger partial charge in [-0.25, -0.2) is 0 Å². The standard InChI is InChI=1S/C11H19ClF3NO/c12-10-4-2-1-3-9(10)7-16-5-6-17-8-11(13,14)15/h9-10,16H,1-8H2. The van der Waals surface area contributed by atoms with Gasteiger partial charge in [-0.2, -0.15) is 13.2 Å². The van der Waals surface area contributed by atoms with Gasteiger partial charge in [-0.1, -0.05) is 12.8 Å². The highest BCUT2D eigenvalue weighted by molar-refractivity contribution is 6.20. The zero-order valence-electron chi connectivity index (χ0n) is 9.73. The van der Waals surface area contributed by atoms with E-state index in [4.69, 9.17) is 11.6 Å². The van der Waals surface area contributed by atoms with Gasteiger partial charge in [0.15, 0.2) is 0 Å². The summed E-state index contributed by atoms with van der Waals surface area (Å²) in [5.41, 5.74) is 0. The van der Waals surface area contributed by atoms with Crippen molar-refractivity contribution in [2.24, 2.45) is 5.92 Å². The molecular formula is C11H19ClF3NO. The van der Waals surface area contributed by atoms with Crippen molar-refractivity contribution in [3.05, 3.63) is 0 Å². The van der Waals surface area contributed by atoms with E-state index in [1.54, 1.807) is 0 Å². The molecule has 2 atom stereocenters. The predicted octanol–water partition coefficient (Wildman–Crippen LogP) is 2.95. The number of ether oxygens (including phenoxy) is 1. The second-order valence-electron chi connectivity index (χ2n) is 4.43. The molecule has 1 N–H and O–H groups in total. The van der Waals surface area contributed by atoms with Crippen molar-refractivity contribution >= 4 is 11.6 Å². The average Bonchev–Trinajstić information content (AvgIpc) is 2.24. The van der Waals surface area contributed by atoms with E-state index in [-0.39, 0.29) is 12.0 Å². The van der Waals surface area contributed by atoms with Crippen LogP contribution in [0, 0.1) is 5.92 Å². The molecule has 0 aromatic heterocycles. The van der Waals surface area contributed by atoms with E-state index < -0.39 is 12.8 Å². The summed E-state index contributed by atoms with van der Waals surface area (Å²) < 4.78 is 39.7. The minimum atomic E-state index is -4.23. The molecule has 1 fully saturated rings. The summed E-state index contributed by atoms with van der Waals surface area (Å²) >= 11 is 6.16. The maximum Gasteiger partial charge on any atom is 0.411 e. The van der Waals surface area contributed by atoms with E-state index in [1.807, 2.05) is 0 Å². The molecular weight excluding hydrogens is 255 g/mol. The topological polar surface area (TPSA) is 21.3 Å². The Balaban J connectivity index is 1.96. The van der Waals surface area contributed by atoms with E-state index in [2.05, 4.69) is 10.1 Å². The van der Waals surface area contributed by atoms with Crippen LogP contribution in [0.2, 0.25) is 0 Å². The Hall–Kier alpha value is 0. The zero-order valence-corrected chi connectivity index (χ0v) is 10.5. The van der Waals surface area contributed by atoms with Crippen molar-refractivity contribution in [1.82, 2.24) is 5.32 Å². The van der Waals surface area contributed by atoms with Gasteiger partial charge in [0.1, 0.15) is 6.61 Å². The fraction of sp³-hybridized carbons (Fsp3) is 1.00. The van der Waals surface area contributed by atoms with Gasteiger partial charge in [0.2, 0.25) is 0 Å². The van der Waals surface area contributed by atoms with Crippen molar-refractivity contribution in [2.75, 3.05) is 26.3 Å². The molecule has 0 radical (unpaired) electrons. The van der Waals surface area contributed by atoms with Crippen LogP contribution in [0.3, 0.4) is 0 Å². The lowest BCUT2D eigenvalue weighted by Crippen LogP contribution is -2.33. The molecule has 0 bridgehead atoms. The van der Waals surface area contributed by atoms with E-state index in [0.29, 0.717) is 12.5 Å². The van der Waals surface area contributed by atoms with Gasteiger partial charge in [-0.15, -0.1) is 11.6 Å². The fourth-order valence-electron chi connectivity index (χ4n) is 2.01. The molecule has 0 amide bonds. The third-order valence-corrected chi connectivity index (χ3v) is 3.49. The first-order chi connectivity index (χ1) is 7.99. The first kappa shape index (κ1) is 15.1. The minimum absolute atomic E-state index is 0.0825. The van der Waals surface area contributed by atoms with Crippen molar-refractivity contribution in [3.63, 3.8) is 0 Å². The Labute approximate surface area is 105 Å². The van der Waals surface area contributed by atoms with Crippen LogP contribution in [0.4, 0.5) is 13.2 Å². The molecule has 1 saturated carbocycles. The first-order valence-corrected chi connectivity index (χ1v) is 6.42. The molecule has 0 aromatic carbocycles. The summed E-state index contributed by atoms with van der Waals surface area (Å²) in [6.45, 7) is 0.120. The summed E-state index contributed by atoms with van der Waals surface area (Å²) in [5.74, 6) is 0.438. The molecule has 0 aliphatic heterocycles. The fourth-order valence-corrected chi connectivity index (χ4v) is 2.38. The van der Waals surface area contributed by atoms with Crippen LogP contribution in [0.1, 0.15) is 25.7 Å². The SMILES string of the molecule is FC(F)(F)COCCNCC1CCCCC1Cl. The highest BCUT2D eigenvalue weighted by Crippen LogP contribution is 2.27. The maximum absolute atomic E-state index is 11.7. The molecule has 6 heteroatoms. The Morgan fingerprint density at radius 2 is 1.94 bits per heavy atom. The second-order valence-corrected chi connectivity index (χ2v) is 4.99. The van der Waals surface area contributed by atoms with Crippen LogP contribution >= 0.6 is 11.6 Å². The van der Waals surface area contributed by atoms with Gasteiger partial charge >= 0.3 is 6.18 Å². The van der Waals surface area contributed by atoms with E-state index >= 15 is 0 Å². The zero-order chi connectivity index (χ0) is 12.7. The average molecular weight is 274 g/mol. The normalized spacial score (nSPS) is 26.1. The summed E-state index contributed by atoms with van der Waals surface area (Å²) in [4.78, 5) is 0. The molecule has 1 aliphatic carbocycles. The van der Waals surface area contributed by atoms with Gasteiger partial charge in [-0.05, 0) is 25.3 Å². The molecule has 2 nitrogen and oxygen atoms in total. The summed E-state index contributed by atoms with van der Waals surface area (Å²) in [6.07, 6.45) is 0.285. The lowest BCUT2D eigenvalue weighted by Gasteiger charge is -2.27. The number of hydrogen-bond donors (Lipinski definition) is 1. The van der Waals surface area contributed by atoms with Crippen LogP contribution in [0.5, 0.6) is 0 Å². The summed E-state index contributed by atoms with van der Waals surface area (Å²) in [7, 11) is 0. The molecule has 0 heterocycles. The molecule has 1 aliphatic rings. The predicted molar refractivity (Wildman–Crippen MR) is 61.3 cm³/mol. The highest BCUT2D eigenvalue weighted by Gasteiger charge is 2.27. The molecule has 0 aromatic rings. The van der Waals surface area contributed by atoms with Crippen LogP contribution < -0.4 is 5.32 Å². The number of hydrogen-bond acceptors (Lipinski definition) is 2. The highest BCUT2D eigenvalue weighted by atomic mass is 35.5. The van der Waals surface area contributed by atoms with Crippen LogP contribution in [-0.4, -0.2) is 37.9 Å². The molecule has 2 unspecified atom stereocenters. The van der Waals surface area contributed by atoms with Crippen molar-refractivity contribution < 1.29 is 17.9 Å². The van der Waals surface area contributed by atoms with Gasteiger partial charge in [0.25, 0.3) is 0 Å². The lowest BCUT2D eigenvalue weighted by molar-refractivity contribution is -0.173. The van der Waals surface area contributed by atoms with Gasteiger partial charge in [0, 0.05) is 11.9 Å². The van der Waals surface area contributed by atoms with E-state index in [1.165, 1.54) is 12.8 Å². The third-order valence-electron chi connectivity index (χ3n) is 2.91. The van der Waals surface area contributed by atoms with Crippen molar-refractivity contribution in [1.29, 1.82) is 0 Å². The van der Waals surface area contributed by atoms with Crippen LogP contribution in [0.25, 0.3) is 0 Å². The van der Waals surface area contributed by atoms with Crippen molar-refractivity contribution in [3.8, 4) is 0 Å². The quantitative estimate of drug-likeness (QED) is 0.593. The Kier molecular flexibility index (Phi) is 6.59. The van der Waals surface area contributed by atoms with Gasteiger partial charge < -0.3 is 10.1 Å². The molecule has 0 saturated heterocycles.